The fourth-order valence-corrected chi connectivity index (χ4v) is 2.51. The monoisotopic (exact) mass is 388 g/mol. The van der Waals surface area contributed by atoms with Crippen LogP contribution in [0, 0.1) is 5.82 Å². The van der Waals surface area contributed by atoms with Gasteiger partial charge < -0.3 is 20.5 Å². The molecule has 8 heteroatoms. The molecule has 0 bridgehead atoms. The molecule has 2 rings (SSSR count). The minimum absolute atomic E-state index is 0.0383. The van der Waals surface area contributed by atoms with Gasteiger partial charge >= 0.3 is 5.97 Å². The van der Waals surface area contributed by atoms with E-state index in [9.17, 15) is 18.8 Å². The van der Waals surface area contributed by atoms with E-state index in [-0.39, 0.29) is 30.9 Å². The van der Waals surface area contributed by atoms with Crippen molar-refractivity contribution in [2.45, 2.75) is 19.3 Å². The lowest BCUT2D eigenvalue weighted by molar-refractivity contribution is -0.137. The Labute approximate surface area is 161 Å². The molecule has 3 N–H and O–H groups in total. The number of anilines is 1. The van der Waals surface area contributed by atoms with Crippen LogP contribution in [0.2, 0.25) is 0 Å². The van der Waals surface area contributed by atoms with Crippen molar-refractivity contribution in [1.29, 1.82) is 0 Å². The molecule has 0 aliphatic heterocycles. The summed E-state index contributed by atoms with van der Waals surface area (Å²) in [5.41, 5.74) is 1.63. The van der Waals surface area contributed by atoms with Crippen LogP contribution in [-0.4, -0.2) is 36.5 Å². The summed E-state index contributed by atoms with van der Waals surface area (Å²) in [6.45, 7) is -0.430. The Morgan fingerprint density at radius 2 is 1.79 bits per heavy atom. The van der Waals surface area contributed by atoms with E-state index in [0.29, 0.717) is 16.8 Å². The Balaban J connectivity index is 1.84. The maximum Gasteiger partial charge on any atom is 0.322 e. The van der Waals surface area contributed by atoms with Gasteiger partial charge in [0, 0.05) is 12.1 Å². The maximum atomic E-state index is 14.1. The Kier molecular flexibility index (Phi) is 7.50. The molecule has 0 radical (unpaired) electrons. The van der Waals surface area contributed by atoms with Crippen molar-refractivity contribution in [1.82, 2.24) is 5.32 Å². The number of benzene rings is 2. The van der Waals surface area contributed by atoms with Crippen LogP contribution in [0.3, 0.4) is 0 Å². The van der Waals surface area contributed by atoms with Gasteiger partial charge in [0.15, 0.2) is 11.6 Å². The number of ether oxygens (including phenoxy) is 1. The largest absolute Gasteiger partial charge is 0.494 e. The standard InChI is InChI=1S/C20H21FN2O5/c1-28-16-4-2-3-14(20(16)21)7-10-17(24)23-15-8-5-13(6-9-15)11-18(25)22-12-19(26)27/h2-6,8-9H,7,10-12H2,1H3,(H,22,25)(H,23,24)(H,26,27). The number of carboxylic acids is 1. The summed E-state index contributed by atoms with van der Waals surface area (Å²) < 4.78 is 19.0. The van der Waals surface area contributed by atoms with E-state index in [2.05, 4.69) is 10.6 Å². The number of halogens is 1. The minimum atomic E-state index is -1.11. The lowest BCUT2D eigenvalue weighted by Crippen LogP contribution is -2.30. The van der Waals surface area contributed by atoms with Gasteiger partial charge in [0.2, 0.25) is 11.8 Å². The number of aryl methyl sites for hydroxylation is 1. The average Bonchev–Trinajstić information content (AvgIpc) is 2.67. The molecular formula is C20H21FN2O5. The number of hydrogen-bond donors (Lipinski definition) is 3. The molecule has 0 aliphatic carbocycles. The Bertz CT molecular complexity index is 852. The molecule has 0 aromatic heterocycles. The smallest absolute Gasteiger partial charge is 0.322 e. The third-order valence-corrected chi connectivity index (χ3v) is 3.92. The average molecular weight is 388 g/mol. The second-order valence-corrected chi connectivity index (χ2v) is 6.03. The number of carboxylic acid groups (broad SMARTS) is 1. The first-order valence-electron chi connectivity index (χ1n) is 8.57. The van der Waals surface area contributed by atoms with Crippen LogP contribution in [0.5, 0.6) is 5.75 Å². The highest BCUT2D eigenvalue weighted by Crippen LogP contribution is 2.21. The van der Waals surface area contributed by atoms with Gasteiger partial charge in [-0.2, -0.15) is 0 Å². The summed E-state index contributed by atoms with van der Waals surface area (Å²) in [4.78, 5) is 34.1. The van der Waals surface area contributed by atoms with E-state index < -0.39 is 24.2 Å². The van der Waals surface area contributed by atoms with Crippen LogP contribution >= 0.6 is 0 Å². The van der Waals surface area contributed by atoms with Gasteiger partial charge in [0.1, 0.15) is 6.54 Å². The van der Waals surface area contributed by atoms with Crippen LogP contribution in [0.15, 0.2) is 42.5 Å². The van der Waals surface area contributed by atoms with E-state index >= 15 is 0 Å². The van der Waals surface area contributed by atoms with Crippen molar-refractivity contribution >= 4 is 23.5 Å². The van der Waals surface area contributed by atoms with Crippen molar-refractivity contribution in [3.63, 3.8) is 0 Å². The molecule has 0 spiro atoms. The van der Waals surface area contributed by atoms with Crippen LogP contribution in [-0.2, 0) is 27.2 Å². The lowest BCUT2D eigenvalue weighted by atomic mass is 10.1. The summed E-state index contributed by atoms with van der Waals surface area (Å²) in [5.74, 6) is -2.11. The first kappa shape index (κ1) is 20.9. The van der Waals surface area contributed by atoms with E-state index in [1.807, 2.05) is 0 Å². The number of methoxy groups -OCH3 is 1. The number of nitrogens with one attached hydrogen (secondary N) is 2. The zero-order valence-electron chi connectivity index (χ0n) is 15.3. The van der Waals surface area contributed by atoms with Crippen molar-refractivity contribution in [2.24, 2.45) is 0 Å². The second-order valence-electron chi connectivity index (χ2n) is 6.03. The molecule has 28 heavy (non-hydrogen) atoms. The highest BCUT2D eigenvalue weighted by molar-refractivity contribution is 5.91. The Hall–Kier alpha value is -3.42. The van der Waals surface area contributed by atoms with Crippen molar-refractivity contribution in [2.75, 3.05) is 19.0 Å². The molecular weight excluding hydrogens is 367 g/mol. The van der Waals surface area contributed by atoms with Gasteiger partial charge in [-0.25, -0.2) is 4.39 Å². The number of hydrogen-bond acceptors (Lipinski definition) is 4. The minimum Gasteiger partial charge on any atom is -0.494 e. The third kappa shape index (κ3) is 6.39. The number of rotatable bonds is 9. The predicted octanol–water partition coefficient (Wildman–Crippen LogP) is 2.15. The van der Waals surface area contributed by atoms with E-state index in [0.717, 1.165) is 0 Å². The molecule has 2 aromatic carbocycles. The van der Waals surface area contributed by atoms with Crippen LogP contribution in [0.4, 0.5) is 10.1 Å². The molecule has 0 atom stereocenters. The predicted molar refractivity (Wildman–Crippen MR) is 101 cm³/mol. The van der Waals surface area contributed by atoms with E-state index in [1.54, 1.807) is 36.4 Å². The van der Waals surface area contributed by atoms with E-state index in [4.69, 9.17) is 9.84 Å². The number of aliphatic carboxylic acids is 1. The van der Waals surface area contributed by atoms with Crippen LogP contribution in [0.25, 0.3) is 0 Å². The maximum absolute atomic E-state index is 14.1. The molecule has 7 nitrogen and oxygen atoms in total. The Morgan fingerprint density at radius 3 is 2.43 bits per heavy atom. The second kappa shape index (κ2) is 10.1. The highest BCUT2D eigenvalue weighted by Gasteiger charge is 2.11. The van der Waals surface area contributed by atoms with Gasteiger partial charge in [0.25, 0.3) is 0 Å². The number of carbonyl (C=O) groups is 3. The summed E-state index contributed by atoms with van der Waals surface area (Å²) in [6.07, 6.45) is 0.372. The van der Waals surface area contributed by atoms with Crippen molar-refractivity contribution in [3.8, 4) is 5.75 Å². The number of carbonyl (C=O) groups excluding carboxylic acids is 2. The lowest BCUT2D eigenvalue weighted by Gasteiger charge is -2.09. The van der Waals surface area contributed by atoms with Gasteiger partial charge in [-0.3, -0.25) is 14.4 Å². The molecule has 0 fully saturated rings. The van der Waals surface area contributed by atoms with E-state index in [1.165, 1.54) is 13.2 Å². The third-order valence-electron chi connectivity index (χ3n) is 3.92. The van der Waals surface area contributed by atoms with Gasteiger partial charge in [-0.05, 0) is 35.7 Å². The van der Waals surface area contributed by atoms with Crippen LogP contribution in [0.1, 0.15) is 17.5 Å². The molecule has 2 aromatic rings. The summed E-state index contributed by atoms with van der Waals surface area (Å²) >= 11 is 0. The molecule has 0 heterocycles. The Morgan fingerprint density at radius 1 is 1.07 bits per heavy atom. The summed E-state index contributed by atoms with van der Waals surface area (Å²) in [5, 5.41) is 13.5. The zero-order chi connectivity index (χ0) is 20.5. The topological polar surface area (TPSA) is 105 Å². The highest BCUT2D eigenvalue weighted by atomic mass is 19.1. The van der Waals surface area contributed by atoms with Gasteiger partial charge in [0.05, 0.1) is 13.5 Å². The fourth-order valence-electron chi connectivity index (χ4n) is 2.51. The molecule has 2 amide bonds. The fraction of sp³-hybridized carbons (Fsp3) is 0.250. The SMILES string of the molecule is COc1cccc(CCC(=O)Nc2ccc(CC(=O)NCC(=O)O)cc2)c1F. The van der Waals surface area contributed by atoms with Crippen molar-refractivity contribution in [3.05, 3.63) is 59.4 Å². The zero-order valence-corrected chi connectivity index (χ0v) is 15.3. The molecule has 0 saturated heterocycles. The summed E-state index contributed by atoms with van der Waals surface area (Å²) in [7, 11) is 1.38. The summed E-state index contributed by atoms with van der Waals surface area (Å²) in [6, 6.07) is 11.4. The first-order valence-corrected chi connectivity index (χ1v) is 8.57. The number of amides is 2. The molecule has 0 unspecified atom stereocenters. The van der Waals surface area contributed by atoms with Crippen LogP contribution < -0.4 is 15.4 Å². The molecule has 0 saturated carbocycles. The van der Waals surface area contributed by atoms with Gasteiger partial charge in [-0.15, -0.1) is 0 Å². The molecule has 148 valence electrons. The quantitative estimate of drug-likeness (QED) is 0.611. The van der Waals surface area contributed by atoms with Gasteiger partial charge in [-0.1, -0.05) is 24.3 Å². The van der Waals surface area contributed by atoms with Crippen molar-refractivity contribution < 1.29 is 28.6 Å². The first-order chi connectivity index (χ1) is 13.4. The normalized spacial score (nSPS) is 10.2. The molecule has 0 aliphatic rings.